The third-order valence-electron chi connectivity index (χ3n) is 3.93. The molecule has 0 bridgehead atoms. The Morgan fingerprint density at radius 3 is 2.69 bits per heavy atom. The summed E-state index contributed by atoms with van der Waals surface area (Å²) < 4.78 is 7.19. The van der Waals surface area contributed by atoms with Gasteiger partial charge < -0.3 is 15.4 Å². The fourth-order valence-corrected chi connectivity index (χ4v) is 2.59. The number of rotatable bonds is 9. The summed E-state index contributed by atoms with van der Waals surface area (Å²) in [5.74, 6) is 1.63. The van der Waals surface area contributed by atoms with Crippen molar-refractivity contribution in [2.45, 2.75) is 40.2 Å². The van der Waals surface area contributed by atoms with Crippen LogP contribution in [0.4, 0.5) is 0 Å². The number of guanidine groups is 1. The summed E-state index contributed by atoms with van der Waals surface area (Å²) in [6.45, 7) is 9.17. The van der Waals surface area contributed by atoms with E-state index in [9.17, 15) is 0 Å². The monoisotopic (exact) mass is 358 g/mol. The van der Waals surface area contributed by atoms with Gasteiger partial charge in [-0.25, -0.2) is 9.67 Å². The van der Waals surface area contributed by atoms with Crippen molar-refractivity contribution < 1.29 is 4.74 Å². The molecule has 0 unspecified atom stereocenters. The fraction of sp³-hybridized carbons (Fsp3) is 0.526. The first-order chi connectivity index (χ1) is 12.6. The largest absolute Gasteiger partial charge is 0.382 e. The van der Waals surface area contributed by atoms with E-state index in [1.54, 1.807) is 7.05 Å². The number of nitrogens with zero attached hydrogens (tertiary/aromatic N) is 4. The van der Waals surface area contributed by atoms with E-state index in [2.05, 4.69) is 31.8 Å². The van der Waals surface area contributed by atoms with Crippen molar-refractivity contribution >= 4 is 5.96 Å². The zero-order valence-corrected chi connectivity index (χ0v) is 16.2. The second-order valence-corrected chi connectivity index (χ2v) is 6.12. The van der Waals surface area contributed by atoms with E-state index in [-0.39, 0.29) is 0 Å². The molecule has 0 aliphatic heterocycles. The van der Waals surface area contributed by atoms with Gasteiger partial charge in [0.2, 0.25) is 0 Å². The van der Waals surface area contributed by atoms with Crippen molar-refractivity contribution in [1.29, 1.82) is 0 Å². The number of nitrogens with one attached hydrogen (secondary N) is 2. The van der Waals surface area contributed by atoms with Crippen molar-refractivity contribution in [2.75, 3.05) is 26.8 Å². The summed E-state index contributed by atoms with van der Waals surface area (Å²) in [4.78, 5) is 8.76. The molecular formula is C19H30N6O. The van der Waals surface area contributed by atoms with Crippen LogP contribution in [0, 0.1) is 13.8 Å². The lowest BCUT2D eigenvalue weighted by Gasteiger charge is -2.12. The zero-order valence-electron chi connectivity index (χ0n) is 16.2. The van der Waals surface area contributed by atoms with Gasteiger partial charge in [0.1, 0.15) is 0 Å². The lowest BCUT2D eigenvalue weighted by atomic mass is 10.3. The standard InChI is InChI=1S/C19H30N6O/c1-5-26-11-7-6-10-21-19(20-4)23-14-17-8-9-18(22-13-17)25-16(3)12-15(2)24-25/h8-9,12-13H,5-7,10-11,14H2,1-4H3,(H2,20,21,23). The van der Waals surface area contributed by atoms with Crippen LogP contribution < -0.4 is 10.6 Å². The molecule has 0 radical (unpaired) electrons. The lowest BCUT2D eigenvalue weighted by molar-refractivity contribution is 0.143. The Bertz CT molecular complexity index is 693. The highest BCUT2D eigenvalue weighted by molar-refractivity contribution is 5.79. The molecule has 7 heteroatoms. The Hall–Kier alpha value is -2.41. The van der Waals surface area contributed by atoms with E-state index < -0.39 is 0 Å². The lowest BCUT2D eigenvalue weighted by Crippen LogP contribution is -2.37. The van der Waals surface area contributed by atoms with E-state index in [0.29, 0.717) is 6.54 Å². The predicted octanol–water partition coefficient (Wildman–Crippen LogP) is 2.37. The second kappa shape index (κ2) is 10.6. The van der Waals surface area contributed by atoms with Gasteiger partial charge in [0.25, 0.3) is 0 Å². The minimum Gasteiger partial charge on any atom is -0.382 e. The van der Waals surface area contributed by atoms with Gasteiger partial charge in [-0.1, -0.05) is 6.07 Å². The molecule has 2 rings (SSSR count). The van der Waals surface area contributed by atoms with Gasteiger partial charge in [-0.05, 0) is 51.3 Å². The average Bonchev–Trinajstić information content (AvgIpc) is 2.99. The van der Waals surface area contributed by atoms with Gasteiger partial charge in [-0.15, -0.1) is 0 Å². The Morgan fingerprint density at radius 2 is 2.08 bits per heavy atom. The van der Waals surface area contributed by atoms with E-state index in [0.717, 1.165) is 61.3 Å². The number of pyridine rings is 1. The number of aromatic nitrogens is 3. The fourth-order valence-electron chi connectivity index (χ4n) is 2.59. The molecule has 2 aromatic heterocycles. The molecule has 0 aliphatic rings. The first kappa shape index (κ1) is 19.9. The highest BCUT2D eigenvalue weighted by atomic mass is 16.5. The molecule has 2 heterocycles. The molecule has 0 saturated heterocycles. The molecular weight excluding hydrogens is 328 g/mol. The smallest absolute Gasteiger partial charge is 0.191 e. The van der Waals surface area contributed by atoms with Crippen LogP contribution in [0.5, 0.6) is 0 Å². The molecule has 2 N–H and O–H groups in total. The Morgan fingerprint density at radius 1 is 1.23 bits per heavy atom. The average molecular weight is 358 g/mol. The first-order valence-electron chi connectivity index (χ1n) is 9.15. The Labute approximate surface area is 155 Å². The van der Waals surface area contributed by atoms with E-state index in [4.69, 9.17) is 4.74 Å². The third-order valence-corrected chi connectivity index (χ3v) is 3.93. The van der Waals surface area contributed by atoms with Gasteiger partial charge in [0.05, 0.1) is 5.69 Å². The Kier molecular flexibility index (Phi) is 8.08. The van der Waals surface area contributed by atoms with Crippen LogP contribution in [0.25, 0.3) is 5.82 Å². The minimum absolute atomic E-state index is 0.670. The van der Waals surface area contributed by atoms with Crippen molar-refractivity contribution in [3.8, 4) is 5.82 Å². The van der Waals surface area contributed by atoms with Crippen molar-refractivity contribution in [3.63, 3.8) is 0 Å². The molecule has 26 heavy (non-hydrogen) atoms. The van der Waals surface area contributed by atoms with Crippen LogP contribution in [-0.4, -0.2) is 47.5 Å². The highest BCUT2D eigenvalue weighted by Gasteiger charge is 2.05. The van der Waals surface area contributed by atoms with Gasteiger partial charge >= 0.3 is 0 Å². The van der Waals surface area contributed by atoms with Crippen LogP contribution in [0.1, 0.15) is 36.7 Å². The molecule has 0 spiro atoms. The van der Waals surface area contributed by atoms with E-state index in [1.807, 2.05) is 43.8 Å². The predicted molar refractivity (Wildman–Crippen MR) is 105 cm³/mol. The summed E-state index contributed by atoms with van der Waals surface area (Å²) in [5.41, 5.74) is 3.16. The van der Waals surface area contributed by atoms with Gasteiger partial charge in [-0.3, -0.25) is 4.99 Å². The minimum atomic E-state index is 0.670. The first-order valence-corrected chi connectivity index (χ1v) is 9.15. The van der Waals surface area contributed by atoms with Crippen molar-refractivity contribution in [3.05, 3.63) is 41.3 Å². The number of hydrogen-bond donors (Lipinski definition) is 2. The summed E-state index contributed by atoms with van der Waals surface area (Å²) >= 11 is 0. The maximum Gasteiger partial charge on any atom is 0.191 e. The second-order valence-electron chi connectivity index (χ2n) is 6.12. The van der Waals surface area contributed by atoms with Crippen molar-refractivity contribution in [1.82, 2.24) is 25.4 Å². The summed E-state index contributed by atoms with van der Waals surface area (Å²) in [6.07, 6.45) is 3.98. The molecule has 0 aliphatic carbocycles. The molecule has 0 aromatic carbocycles. The maximum absolute atomic E-state index is 5.34. The Balaban J connectivity index is 1.78. The molecule has 0 saturated carbocycles. The number of aliphatic imine (C=N–C) groups is 1. The van der Waals surface area contributed by atoms with Crippen LogP contribution in [0.3, 0.4) is 0 Å². The van der Waals surface area contributed by atoms with Gasteiger partial charge in [0, 0.05) is 45.2 Å². The summed E-state index contributed by atoms with van der Waals surface area (Å²) in [7, 11) is 1.78. The van der Waals surface area contributed by atoms with Crippen LogP contribution in [-0.2, 0) is 11.3 Å². The summed E-state index contributed by atoms with van der Waals surface area (Å²) in [6, 6.07) is 6.09. The van der Waals surface area contributed by atoms with Crippen LogP contribution in [0.2, 0.25) is 0 Å². The maximum atomic E-state index is 5.34. The third kappa shape index (κ3) is 6.15. The number of ether oxygens (including phenoxy) is 1. The molecule has 0 fully saturated rings. The quantitative estimate of drug-likeness (QED) is 0.409. The van der Waals surface area contributed by atoms with Gasteiger partial charge in [-0.2, -0.15) is 5.10 Å². The normalized spacial score (nSPS) is 11.6. The molecule has 0 amide bonds. The topological polar surface area (TPSA) is 76.4 Å². The molecule has 0 atom stereocenters. The van der Waals surface area contributed by atoms with E-state index >= 15 is 0 Å². The van der Waals surface area contributed by atoms with Crippen LogP contribution >= 0.6 is 0 Å². The van der Waals surface area contributed by atoms with E-state index in [1.165, 1.54) is 0 Å². The number of unbranched alkanes of at least 4 members (excludes halogenated alkanes) is 1. The SMILES string of the molecule is CCOCCCCNC(=NC)NCc1ccc(-n2nc(C)cc2C)nc1. The highest BCUT2D eigenvalue weighted by Crippen LogP contribution is 2.10. The van der Waals surface area contributed by atoms with Crippen molar-refractivity contribution in [2.24, 2.45) is 4.99 Å². The zero-order chi connectivity index (χ0) is 18.8. The van der Waals surface area contributed by atoms with Crippen LogP contribution in [0.15, 0.2) is 29.4 Å². The molecule has 142 valence electrons. The number of hydrogen-bond acceptors (Lipinski definition) is 4. The summed E-state index contributed by atoms with van der Waals surface area (Å²) in [5, 5.41) is 11.1. The molecule has 2 aromatic rings. The molecule has 7 nitrogen and oxygen atoms in total. The van der Waals surface area contributed by atoms with Gasteiger partial charge in [0.15, 0.2) is 11.8 Å². The number of aryl methyl sites for hydroxylation is 2.